The van der Waals surface area contributed by atoms with Crippen LogP contribution in [0.3, 0.4) is 0 Å². The third kappa shape index (κ3) is 2.89. The minimum absolute atomic E-state index is 0.285. The standard InChI is InChI=1S/C15H14FN5/c1-2-21-19-15(18-20-21)13-8-3-4-9-14(13)17-12-7-5-6-11(16)10-12/h3-10,17H,2H2,1H3. The first kappa shape index (κ1) is 13.2. The number of hydrogen-bond acceptors (Lipinski definition) is 4. The molecule has 1 heterocycles. The molecule has 0 saturated heterocycles. The molecule has 3 aromatic rings. The van der Waals surface area contributed by atoms with E-state index in [-0.39, 0.29) is 5.82 Å². The lowest BCUT2D eigenvalue weighted by molar-refractivity contribution is 0.553. The number of anilines is 2. The molecule has 3 rings (SSSR count). The lowest BCUT2D eigenvalue weighted by atomic mass is 10.1. The second-order valence-electron chi connectivity index (χ2n) is 4.48. The first-order valence-electron chi connectivity index (χ1n) is 6.66. The Balaban J connectivity index is 1.96. The van der Waals surface area contributed by atoms with Crippen molar-refractivity contribution in [2.24, 2.45) is 0 Å². The summed E-state index contributed by atoms with van der Waals surface area (Å²) in [7, 11) is 0. The number of hydrogen-bond donors (Lipinski definition) is 1. The number of aryl methyl sites for hydroxylation is 1. The molecule has 0 aliphatic heterocycles. The second-order valence-corrected chi connectivity index (χ2v) is 4.48. The van der Waals surface area contributed by atoms with Gasteiger partial charge in [-0.05, 0) is 42.5 Å². The van der Waals surface area contributed by atoms with Crippen molar-refractivity contribution < 1.29 is 4.39 Å². The van der Waals surface area contributed by atoms with Gasteiger partial charge in [-0.25, -0.2) is 4.39 Å². The van der Waals surface area contributed by atoms with Crippen LogP contribution in [0.4, 0.5) is 15.8 Å². The summed E-state index contributed by atoms with van der Waals surface area (Å²) in [6.45, 7) is 2.61. The molecule has 0 spiro atoms. The van der Waals surface area contributed by atoms with E-state index in [1.54, 1.807) is 12.1 Å². The van der Waals surface area contributed by atoms with Gasteiger partial charge in [-0.3, -0.25) is 0 Å². The van der Waals surface area contributed by atoms with E-state index in [4.69, 9.17) is 0 Å². The Bertz CT molecular complexity index is 753. The van der Waals surface area contributed by atoms with Crippen LogP contribution >= 0.6 is 0 Å². The van der Waals surface area contributed by atoms with Crippen LogP contribution in [0.5, 0.6) is 0 Å². The molecule has 5 nitrogen and oxygen atoms in total. The van der Waals surface area contributed by atoms with Crippen LogP contribution in [0.25, 0.3) is 11.4 Å². The summed E-state index contributed by atoms with van der Waals surface area (Å²) in [4.78, 5) is 1.52. The minimum Gasteiger partial charge on any atom is -0.355 e. The normalized spacial score (nSPS) is 10.6. The van der Waals surface area contributed by atoms with Gasteiger partial charge in [0.05, 0.1) is 6.54 Å². The summed E-state index contributed by atoms with van der Waals surface area (Å²) in [5.74, 6) is 0.254. The Morgan fingerprint density at radius 1 is 1.14 bits per heavy atom. The fraction of sp³-hybridized carbons (Fsp3) is 0.133. The first-order valence-corrected chi connectivity index (χ1v) is 6.66. The molecule has 0 aliphatic rings. The molecule has 0 unspecified atom stereocenters. The highest BCUT2D eigenvalue weighted by Crippen LogP contribution is 2.27. The van der Waals surface area contributed by atoms with Crippen LogP contribution in [-0.2, 0) is 6.54 Å². The number of nitrogens with zero attached hydrogens (tertiary/aromatic N) is 4. The topological polar surface area (TPSA) is 55.6 Å². The van der Waals surface area contributed by atoms with Gasteiger partial charge in [0.1, 0.15) is 5.82 Å². The van der Waals surface area contributed by atoms with Crippen LogP contribution in [0.15, 0.2) is 48.5 Å². The zero-order valence-electron chi connectivity index (χ0n) is 11.5. The molecule has 2 aromatic carbocycles. The second kappa shape index (κ2) is 5.70. The highest BCUT2D eigenvalue weighted by atomic mass is 19.1. The fourth-order valence-corrected chi connectivity index (χ4v) is 1.99. The quantitative estimate of drug-likeness (QED) is 0.798. The molecular formula is C15H14FN5. The molecular weight excluding hydrogens is 269 g/mol. The number of para-hydroxylation sites is 1. The Morgan fingerprint density at radius 3 is 2.76 bits per heavy atom. The minimum atomic E-state index is -0.285. The van der Waals surface area contributed by atoms with Gasteiger partial charge in [-0.1, -0.05) is 18.2 Å². The number of benzene rings is 2. The van der Waals surface area contributed by atoms with Gasteiger partial charge in [0.25, 0.3) is 0 Å². The van der Waals surface area contributed by atoms with Crippen molar-refractivity contribution in [3.8, 4) is 11.4 Å². The largest absolute Gasteiger partial charge is 0.355 e. The van der Waals surface area contributed by atoms with E-state index in [2.05, 4.69) is 20.7 Å². The highest BCUT2D eigenvalue weighted by molar-refractivity contribution is 5.77. The van der Waals surface area contributed by atoms with Crippen LogP contribution in [-0.4, -0.2) is 20.2 Å². The highest BCUT2D eigenvalue weighted by Gasteiger charge is 2.10. The van der Waals surface area contributed by atoms with Crippen molar-refractivity contribution in [2.45, 2.75) is 13.5 Å². The zero-order chi connectivity index (χ0) is 14.7. The van der Waals surface area contributed by atoms with Crippen molar-refractivity contribution >= 4 is 11.4 Å². The molecule has 0 aliphatic carbocycles. The summed E-state index contributed by atoms with van der Waals surface area (Å²) >= 11 is 0. The van der Waals surface area contributed by atoms with Gasteiger partial charge in [0.2, 0.25) is 5.82 Å². The number of rotatable bonds is 4. The van der Waals surface area contributed by atoms with E-state index in [9.17, 15) is 4.39 Å². The molecule has 106 valence electrons. The smallest absolute Gasteiger partial charge is 0.207 e. The molecule has 0 atom stereocenters. The summed E-state index contributed by atoms with van der Waals surface area (Å²) in [6, 6.07) is 13.9. The zero-order valence-corrected chi connectivity index (χ0v) is 11.5. The average Bonchev–Trinajstić information content (AvgIpc) is 2.97. The van der Waals surface area contributed by atoms with Crippen molar-refractivity contribution in [3.63, 3.8) is 0 Å². The van der Waals surface area contributed by atoms with E-state index < -0.39 is 0 Å². The van der Waals surface area contributed by atoms with E-state index >= 15 is 0 Å². The molecule has 0 radical (unpaired) electrons. The predicted octanol–water partition coefficient (Wildman–Crippen LogP) is 3.24. The first-order chi connectivity index (χ1) is 10.3. The Labute approximate surface area is 121 Å². The summed E-state index contributed by atoms with van der Waals surface area (Å²) in [5.41, 5.74) is 2.30. The molecule has 1 aromatic heterocycles. The van der Waals surface area contributed by atoms with Crippen molar-refractivity contribution in [1.82, 2.24) is 20.2 Å². The summed E-state index contributed by atoms with van der Waals surface area (Å²) < 4.78 is 13.3. The summed E-state index contributed by atoms with van der Waals surface area (Å²) in [5, 5.41) is 15.5. The van der Waals surface area contributed by atoms with E-state index in [0.29, 0.717) is 18.1 Å². The number of halogens is 1. The van der Waals surface area contributed by atoms with Gasteiger partial charge in [-0.2, -0.15) is 4.80 Å². The SMILES string of the molecule is CCn1nnc(-c2ccccc2Nc2cccc(F)c2)n1. The monoisotopic (exact) mass is 283 g/mol. The van der Waals surface area contributed by atoms with Crippen LogP contribution in [0.2, 0.25) is 0 Å². The predicted molar refractivity (Wildman–Crippen MR) is 78.6 cm³/mol. The molecule has 21 heavy (non-hydrogen) atoms. The van der Waals surface area contributed by atoms with Crippen LogP contribution < -0.4 is 5.32 Å². The third-order valence-electron chi connectivity index (χ3n) is 3.01. The maximum Gasteiger partial charge on any atom is 0.207 e. The maximum absolute atomic E-state index is 13.3. The molecule has 0 bridgehead atoms. The van der Waals surface area contributed by atoms with Crippen LogP contribution in [0, 0.1) is 5.82 Å². The molecule has 0 saturated carbocycles. The lowest BCUT2D eigenvalue weighted by Crippen LogP contribution is -1.99. The van der Waals surface area contributed by atoms with Gasteiger partial charge in [0.15, 0.2) is 0 Å². The van der Waals surface area contributed by atoms with Gasteiger partial charge >= 0.3 is 0 Å². The van der Waals surface area contributed by atoms with Gasteiger partial charge < -0.3 is 5.32 Å². The van der Waals surface area contributed by atoms with E-state index in [0.717, 1.165) is 11.3 Å². The maximum atomic E-state index is 13.3. The number of nitrogens with one attached hydrogen (secondary N) is 1. The average molecular weight is 283 g/mol. The number of aromatic nitrogens is 4. The van der Waals surface area contributed by atoms with E-state index in [1.165, 1.54) is 16.9 Å². The molecule has 0 amide bonds. The summed E-state index contributed by atoms with van der Waals surface area (Å²) in [6.07, 6.45) is 0. The van der Waals surface area contributed by atoms with Crippen molar-refractivity contribution in [2.75, 3.05) is 5.32 Å². The van der Waals surface area contributed by atoms with Gasteiger partial charge in [-0.15, -0.1) is 10.2 Å². The van der Waals surface area contributed by atoms with Gasteiger partial charge in [0, 0.05) is 16.9 Å². The fourth-order valence-electron chi connectivity index (χ4n) is 1.99. The Kier molecular flexibility index (Phi) is 3.59. The van der Waals surface area contributed by atoms with Crippen molar-refractivity contribution in [1.29, 1.82) is 0 Å². The lowest BCUT2D eigenvalue weighted by Gasteiger charge is -2.09. The Hall–Kier alpha value is -2.76. The van der Waals surface area contributed by atoms with Crippen molar-refractivity contribution in [3.05, 3.63) is 54.3 Å². The number of tetrazole rings is 1. The van der Waals surface area contributed by atoms with Crippen LogP contribution in [0.1, 0.15) is 6.92 Å². The van der Waals surface area contributed by atoms with E-state index in [1.807, 2.05) is 31.2 Å². The Morgan fingerprint density at radius 2 is 2.00 bits per heavy atom. The third-order valence-corrected chi connectivity index (χ3v) is 3.01. The molecule has 0 fully saturated rings. The molecule has 1 N–H and O–H groups in total. The molecule has 6 heteroatoms.